The molecular weight excluding hydrogens is 416 g/mol. The van der Waals surface area contributed by atoms with Crippen LogP contribution in [-0.2, 0) is 4.79 Å². The van der Waals surface area contributed by atoms with E-state index in [9.17, 15) is 9.59 Å². The highest BCUT2D eigenvalue weighted by Gasteiger charge is 2.39. The Morgan fingerprint density at radius 1 is 1.30 bits per heavy atom. The van der Waals surface area contributed by atoms with Gasteiger partial charge in [-0.25, -0.2) is 5.01 Å². The van der Waals surface area contributed by atoms with Crippen molar-refractivity contribution in [3.63, 3.8) is 0 Å². The van der Waals surface area contributed by atoms with Gasteiger partial charge in [-0.3, -0.25) is 29.9 Å². The summed E-state index contributed by atoms with van der Waals surface area (Å²) in [6.07, 6.45) is 10.2. The van der Waals surface area contributed by atoms with Crippen LogP contribution in [0.15, 0.2) is 48.9 Å². The number of allylic oxidation sites excluding steroid dienone is 1. The van der Waals surface area contributed by atoms with Crippen LogP contribution >= 0.6 is 0 Å². The Balaban J connectivity index is 1.67. The van der Waals surface area contributed by atoms with Crippen molar-refractivity contribution in [3.05, 3.63) is 60.2 Å². The van der Waals surface area contributed by atoms with Crippen molar-refractivity contribution in [2.45, 2.75) is 64.6 Å². The molecule has 3 rings (SSSR count). The zero-order chi connectivity index (χ0) is 24.0. The van der Waals surface area contributed by atoms with Crippen LogP contribution in [0.4, 0.5) is 5.69 Å². The van der Waals surface area contributed by atoms with Crippen LogP contribution < -0.4 is 15.8 Å². The van der Waals surface area contributed by atoms with Gasteiger partial charge in [0.15, 0.2) is 0 Å². The molecule has 8 nitrogen and oxygen atoms in total. The molecule has 0 spiro atoms. The van der Waals surface area contributed by atoms with Crippen molar-refractivity contribution < 1.29 is 9.59 Å². The highest BCUT2D eigenvalue weighted by Crippen LogP contribution is 2.33. The lowest BCUT2D eigenvalue weighted by Crippen LogP contribution is -2.58. The molecule has 33 heavy (non-hydrogen) atoms. The largest absolute Gasteiger partial charge is 0.349 e. The van der Waals surface area contributed by atoms with E-state index in [2.05, 4.69) is 53.4 Å². The number of benzene rings is 1. The Morgan fingerprint density at radius 3 is 2.61 bits per heavy atom. The second kappa shape index (κ2) is 10.6. The third-order valence-electron chi connectivity index (χ3n) is 6.80. The Bertz CT molecular complexity index is 978. The molecule has 176 valence electrons. The van der Waals surface area contributed by atoms with E-state index in [1.54, 1.807) is 42.9 Å². The van der Waals surface area contributed by atoms with Crippen LogP contribution in [0.1, 0.15) is 63.0 Å². The standard InChI is InChI=1S/C25H34N6O2/c1-6-22(23-16-26-12-13-27-23)29-31(17-32)21-10-8-19(9-11-21)24(33)28-20-14-18(3)30(5)25(4,7-2)15-20/h6,8-13,16-18,20,29H,7,14-15H2,1-5H3,(H,28,33)/b22-6-. The van der Waals surface area contributed by atoms with Gasteiger partial charge >= 0.3 is 0 Å². The number of hydrogen-bond acceptors (Lipinski definition) is 6. The Labute approximate surface area is 196 Å². The SMILES string of the molecule is C/C=C(\NN(C=O)c1ccc(C(=O)NC2CC(C)N(C)C(C)(CC)C2)cc1)c1cnccn1. The highest BCUT2D eigenvalue weighted by atomic mass is 16.2. The lowest BCUT2D eigenvalue weighted by Gasteiger charge is -2.49. The van der Waals surface area contributed by atoms with Gasteiger partial charge in [-0.15, -0.1) is 0 Å². The van der Waals surface area contributed by atoms with Crippen LogP contribution in [-0.4, -0.2) is 51.9 Å². The minimum absolute atomic E-state index is 0.0727. The van der Waals surface area contributed by atoms with Crippen molar-refractivity contribution in [2.24, 2.45) is 0 Å². The minimum atomic E-state index is -0.0962. The summed E-state index contributed by atoms with van der Waals surface area (Å²) in [5, 5.41) is 4.56. The lowest BCUT2D eigenvalue weighted by atomic mass is 9.80. The molecule has 2 amide bonds. The van der Waals surface area contributed by atoms with E-state index in [0.29, 0.717) is 35.1 Å². The van der Waals surface area contributed by atoms with Crippen LogP contribution in [0.2, 0.25) is 0 Å². The molecule has 1 aliphatic heterocycles. The smallest absolute Gasteiger partial charge is 0.251 e. The summed E-state index contributed by atoms with van der Waals surface area (Å²) in [7, 11) is 2.17. The third kappa shape index (κ3) is 5.57. The zero-order valence-electron chi connectivity index (χ0n) is 20.1. The second-order valence-electron chi connectivity index (χ2n) is 8.85. The van der Waals surface area contributed by atoms with Crippen LogP contribution in [0, 0.1) is 0 Å². The normalized spacial score (nSPS) is 23.6. The summed E-state index contributed by atoms with van der Waals surface area (Å²) < 4.78 is 0. The molecule has 1 fully saturated rings. The first-order valence-corrected chi connectivity index (χ1v) is 11.4. The number of hydrazine groups is 1. The number of anilines is 1. The third-order valence-corrected chi connectivity index (χ3v) is 6.80. The van der Waals surface area contributed by atoms with Gasteiger partial charge in [-0.1, -0.05) is 13.0 Å². The number of nitrogens with zero attached hydrogens (tertiary/aromatic N) is 4. The number of rotatable bonds is 8. The van der Waals surface area contributed by atoms with E-state index in [-0.39, 0.29) is 17.5 Å². The fourth-order valence-corrected chi connectivity index (χ4v) is 4.40. The number of amides is 2. The van der Waals surface area contributed by atoms with Crippen molar-refractivity contribution in [2.75, 3.05) is 12.1 Å². The van der Waals surface area contributed by atoms with Gasteiger partial charge in [-0.05, 0) is 71.3 Å². The molecule has 2 aromatic rings. The number of carbonyl (C=O) groups excluding carboxylic acids is 2. The summed E-state index contributed by atoms with van der Waals surface area (Å²) in [6, 6.07) is 7.49. The Kier molecular flexibility index (Phi) is 7.81. The van der Waals surface area contributed by atoms with Gasteiger partial charge in [-0.2, -0.15) is 0 Å². The summed E-state index contributed by atoms with van der Waals surface area (Å²) >= 11 is 0. The molecular formula is C25H34N6O2. The maximum atomic E-state index is 12.9. The maximum Gasteiger partial charge on any atom is 0.251 e. The summed E-state index contributed by atoms with van der Waals surface area (Å²) in [5.41, 5.74) is 5.55. The minimum Gasteiger partial charge on any atom is -0.349 e. The van der Waals surface area contributed by atoms with Crippen molar-refractivity contribution >= 4 is 23.7 Å². The molecule has 0 aliphatic carbocycles. The topological polar surface area (TPSA) is 90.5 Å². The van der Waals surface area contributed by atoms with E-state index in [1.165, 1.54) is 5.01 Å². The molecule has 1 saturated heterocycles. The molecule has 8 heteroatoms. The van der Waals surface area contributed by atoms with Gasteiger partial charge in [0.1, 0.15) is 5.69 Å². The molecule has 0 saturated carbocycles. The molecule has 1 aliphatic rings. The van der Waals surface area contributed by atoms with E-state index in [4.69, 9.17) is 0 Å². The highest BCUT2D eigenvalue weighted by molar-refractivity contribution is 5.95. The van der Waals surface area contributed by atoms with Gasteiger partial charge in [0.2, 0.25) is 6.41 Å². The molecule has 1 aromatic heterocycles. The zero-order valence-corrected chi connectivity index (χ0v) is 20.1. The maximum absolute atomic E-state index is 12.9. The predicted octanol–water partition coefficient (Wildman–Crippen LogP) is 3.39. The predicted molar refractivity (Wildman–Crippen MR) is 130 cm³/mol. The van der Waals surface area contributed by atoms with Crippen molar-refractivity contribution in [3.8, 4) is 0 Å². The summed E-state index contributed by atoms with van der Waals surface area (Å²) in [6.45, 7) is 8.52. The monoisotopic (exact) mass is 450 g/mol. The van der Waals surface area contributed by atoms with E-state index in [1.807, 2.05) is 13.0 Å². The number of aromatic nitrogens is 2. The first-order valence-electron chi connectivity index (χ1n) is 11.4. The van der Waals surface area contributed by atoms with E-state index >= 15 is 0 Å². The van der Waals surface area contributed by atoms with E-state index < -0.39 is 0 Å². The van der Waals surface area contributed by atoms with Crippen LogP contribution in [0.25, 0.3) is 5.70 Å². The van der Waals surface area contributed by atoms with Gasteiger partial charge in [0, 0.05) is 35.6 Å². The van der Waals surface area contributed by atoms with Gasteiger partial charge in [0.05, 0.1) is 17.6 Å². The number of carbonyl (C=O) groups is 2. The molecule has 0 radical (unpaired) electrons. The number of likely N-dealkylation sites (tertiary alicyclic amines) is 1. The summed E-state index contributed by atoms with van der Waals surface area (Å²) in [4.78, 5) is 35.4. The molecule has 3 unspecified atom stereocenters. The Morgan fingerprint density at radius 2 is 2.03 bits per heavy atom. The molecule has 2 heterocycles. The number of nitrogens with one attached hydrogen (secondary N) is 2. The van der Waals surface area contributed by atoms with Crippen molar-refractivity contribution in [1.82, 2.24) is 25.6 Å². The molecule has 0 bridgehead atoms. The lowest BCUT2D eigenvalue weighted by molar-refractivity contribution is -0.107. The van der Waals surface area contributed by atoms with Crippen molar-refractivity contribution in [1.29, 1.82) is 0 Å². The second-order valence-corrected chi connectivity index (χ2v) is 8.85. The summed E-state index contributed by atoms with van der Waals surface area (Å²) in [5.74, 6) is -0.0962. The molecule has 2 N–H and O–H groups in total. The van der Waals surface area contributed by atoms with Gasteiger partial charge in [0.25, 0.3) is 5.91 Å². The van der Waals surface area contributed by atoms with Crippen LogP contribution in [0.3, 0.4) is 0 Å². The number of piperidine rings is 1. The quantitative estimate of drug-likeness (QED) is 0.473. The fraction of sp³-hybridized carbons (Fsp3) is 0.440. The van der Waals surface area contributed by atoms with E-state index in [0.717, 1.165) is 19.3 Å². The first-order chi connectivity index (χ1) is 15.8. The average Bonchev–Trinajstić information content (AvgIpc) is 2.84. The van der Waals surface area contributed by atoms with Gasteiger partial charge < -0.3 is 5.32 Å². The molecule has 3 atom stereocenters. The van der Waals surface area contributed by atoms with Crippen LogP contribution in [0.5, 0.6) is 0 Å². The average molecular weight is 451 g/mol. The number of hydrogen-bond donors (Lipinski definition) is 2. The fourth-order valence-electron chi connectivity index (χ4n) is 4.40. The molecule has 1 aromatic carbocycles. The first kappa shape index (κ1) is 24.4. The Hall–Kier alpha value is -3.26.